The van der Waals surface area contributed by atoms with Gasteiger partial charge in [-0.1, -0.05) is 0 Å². The minimum atomic E-state index is -2.66. The molecule has 0 aliphatic carbocycles. The molecule has 0 aliphatic heterocycles. The van der Waals surface area contributed by atoms with Gasteiger partial charge in [0.2, 0.25) is 0 Å². The Kier molecular flexibility index (Phi) is 14.3. The largest absolute Gasteiger partial charge is 1.00 e. The van der Waals surface area contributed by atoms with E-state index in [0.29, 0.717) is 12.3 Å². The second kappa shape index (κ2) is 10.3. The molecule has 0 aromatic heterocycles. The van der Waals surface area contributed by atoms with Crippen LogP contribution in [0.5, 0.6) is 0 Å². The third-order valence-corrected chi connectivity index (χ3v) is 1.39. The second-order valence-electron chi connectivity index (χ2n) is 1.45. The standard InChI is InChI=1S/C4H8ClO3P.Na/c5-3-1-2-4-8-9(6)7;/h1-4H2;/q;+1. The predicted molar refractivity (Wildman–Crippen MR) is 33.5 cm³/mol. The van der Waals surface area contributed by atoms with Crippen molar-refractivity contribution in [3.63, 3.8) is 0 Å². The molecule has 54 valence electrons. The van der Waals surface area contributed by atoms with Gasteiger partial charge in [-0.3, -0.25) is 0 Å². The van der Waals surface area contributed by atoms with Crippen LogP contribution in [0.1, 0.15) is 12.8 Å². The van der Waals surface area contributed by atoms with Gasteiger partial charge in [0.25, 0.3) is 0 Å². The van der Waals surface area contributed by atoms with Crippen molar-refractivity contribution < 1.29 is 43.5 Å². The average Bonchev–Trinajstić information content (AvgIpc) is 1.80. The van der Waals surface area contributed by atoms with Crippen LogP contribution in [-0.4, -0.2) is 12.5 Å². The van der Waals surface area contributed by atoms with Crippen LogP contribution in [-0.2, 0) is 9.09 Å². The average molecular weight is 194 g/mol. The third-order valence-electron chi connectivity index (χ3n) is 0.725. The van der Waals surface area contributed by atoms with Crippen LogP contribution in [0.3, 0.4) is 0 Å². The van der Waals surface area contributed by atoms with E-state index in [-0.39, 0.29) is 36.2 Å². The Morgan fingerprint density at radius 1 is 1.50 bits per heavy atom. The van der Waals surface area contributed by atoms with Crippen molar-refractivity contribution in [1.82, 2.24) is 0 Å². The van der Waals surface area contributed by atoms with E-state index in [1.165, 1.54) is 0 Å². The molecule has 6 heteroatoms. The quantitative estimate of drug-likeness (QED) is 0.221. The van der Waals surface area contributed by atoms with E-state index in [0.717, 1.165) is 6.42 Å². The first kappa shape index (κ1) is 13.9. The number of rotatable bonds is 5. The first-order chi connectivity index (χ1) is 4.27. The Bertz CT molecular complexity index is 92.6. The molecule has 0 N–H and O–H groups in total. The Hall–Kier alpha value is 1.31. The van der Waals surface area contributed by atoms with Crippen LogP contribution in [0.4, 0.5) is 0 Å². The molecule has 1 atom stereocenters. The monoisotopic (exact) mass is 193 g/mol. The fraction of sp³-hybridized carbons (Fsp3) is 1.00. The topological polar surface area (TPSA) is 49.4 Å². The van der Waals surface area contributed by atoms with E-state index in [4.69, 9.17) is 11.6 Å². The fourth-order valence-corrected chi connectivity index (χ4v) is 0.803. The summed E-state index contributed by atoms with van der Waals surface area (Å²) >= 11 is 5.31. The van der Waals surface area contributed by atoms with Crippen LogP contribution >= 0.6 is 19.9 Å². The maximum Gasteiger partial charge on any atom is 1.00 e. The molecule has 0 rings (SSSR count). The molecule has 0 aliphatic rings. The molecule has 1 unspecified atom stereocenters. The summed E-state index contributed by atoms with van der Waals surface area (Å²) in [6.07, 6.45) is 1.50. The van der Waals surface area contributed by atoms with E-state index in [1.54, 1.807) is 0 Å². The Morgan fingerprint density at radius 2 is 2.10 bits per heavy atom. The SMILES string of the molecule is O=[P+]([O-])OCCCCCl.[Na+]. The first-order valence-corrected chi connectivity index (χ1v) is 4.23. The second-order valence-corrected chi connectivity index (χ2v) is 2.54. The van der Waals surface area contributed by atoms with Gasteiger partial charge in [-0.15, -0.1) is 16.1 Å². The van der Waals surface area contributed by atoms with E-state index in [2.05, 4.69) is 4.52 Å². The van der Waals surface area contributed by atoms with Gasteiger partial charge >= 0.3 is 37.8 Å². The van der Waals surface area contributed by atoms with Crippen LogP contribution in [0.2, 0.25) is 0 Å². The van der Waals surface area contributed by atoms with Crippen LogP contribution in [0.15, 0.2) is 0 Å². The smallest absolute Gasteiger partial charge is 0.566 e. The molecule has 10 heavy (non-hydrogen) atoms. The van der Waals surface area contributed by atoms with Crippen LogP contribution in [0.25, 0.3) is 0 Å². The van der Waals surface area contributed by atoms with E-state index in [9.17, 15) is 9.46 Å². The van der Waals surface area contributed by atoms with E-state index < -0.39 is 8.25 Å². The predicted octanol–water partition coefficient (Wildman–Crippen LogP) is -1.96. The molecule has 0 spiro atoms. The van der Waals surface area contributed by atoms with E-state index in [1.807, 2.05) is 0 Å². The summed E-state index contributed by atoms with van der Waals surface area (Å²) < 4.78 is 14.0. The van der Waals surface area contributed by atoms with Crippen LogP contribution in [0, 0.1) is 0 Å². The summed E-state index contributed by atoms with van der Waals surface area (Å²) in [7, 11) is -2.66. The molecule has 0 aromatic carbocycles. The summed E-state index contributed by atoms with van der Waals surface area (Å²) in [6, 6.07) is 0. The van der Waals surface area contributed by atoms with Gasteiger partial charge in [-0.25, -0.2) is 0 Å². The van der Waals surface area contributed by atoms with Crippen LogP contribution < -0.4 is 34.5 Å². The molecular weight excluding hydrogens is 185 g/mol. The summed E-state index contributed by atoms with van der Waals surface area (Å²) in [5, 5.41) is 0. The van der Waals surface area contributed by atoms with Gasteiger partial charge in [0.1, 0.15) is 6.61 Å². The molecule has 0 saturated carbocycles. The zero-order valence-corrected chi connectivity index (χ0v) is 9.53. The first-order valence-electron chi connectivity index (χ1n) is 2.60. The van der Waals surface area contributed by atoms with Crippen molar-refractivity contribution in [2.75, 3.05) is 12.5 Å². The molecule has 0 aromatic rings. The molecule has 0 amide bonds. The molecule has 3 nitrogen and oxygen atoms in total. The van der Waals surface area contributed by atoms with Crippen molar-refractivity contribution in [2.45, 2.75) is 12.8 Å². The maximum atomic E-state index is 9.74. The summed E-state index contributed by atoms with van der Waals surface area (Å²) in [6.45, 7) is 0.255. The number of hydrogen-bond donors (Lipinski definition) is 0. The van der Waals surface area contributed by atoms with Gasteiger partial charge in [0, 0.05) is 5.88 Å². The van der Waals surface area contributed by atoms with Crippen molar-refractivity contribution in [1.29, 1.82) is 0 Å². The van der Waals surface area contributed by atoms with E-state index >= 15 is 0 Å². The minimum absolute atomic E-state index is 0. The van der Waals surface area contributed by atoms with Gasteiger partial charge < -0.3 is 4.89 Å². The summed E-state index contributed by atoms with van der Waals surface area (Å²) in [4.78, 5) is 9.74. The maximum absolute atomic E-state index is 9.74. The normalized spacial score (nSPS) is 10.4. The van der Waals surface area contributed by atoms with Crippen molar-refractivity contribution >= 4 is 19.9 Å². The third kappa shape index (κ3) is 12.0. The zero-order valence-electron chi connectivity index (χ0n) is 5.88. The molecule has 0 heterocycles. The number of unbranched alkanes of at least 4 members (excludes halogenated alkanes) is 1. The number of hydrogen-bond acceptors (Lipinski definition) is 3. The molecule has 0 saturated heterocycles. The molecule has 0 fully saturated rings. The fourth-order valence-electron chi connectivity index (χ4n) is 0.336. The van der Waals surface area contributed by atoms with Crippen molar-refractivity contribution in [3.8, 4) is 0 Å². The van der Waals surface area contributed by atoms with Gasteiger partial charge in [0.05, 0.1) is 0 Å². The molecule has 0 bridgehead atoms. The molecule has 0 radical (unpaired) electrons. The van der Waals surface area contributed by atoms with Crippen molar-refractivity contribution in [2.24, 2.45) is 0 Å². The van der Waals surface area contributed by atoms with Gasteiger partial charge in [-0.05, 0) is 17.4 Å². The van der Waals surface area contributed by atoms with Gasteiger partial charge in [0.15, 0.2) is 0 Å². The summed E-state index contributed by atoms with van der Waals surface area (Å²) in [5.41, 5.74) is 0. The summed E-state index contributed by atoms with van der Waals surface area (Å²) in [5.74, 6) is 0.555. The molecular formula is C4H8ClNaO3P+. The zero-order chi connectivity index (χ0) is 7.11. The Morgan fingerprint density at radius 3 is 2.50 bits per heavy atom. The Balaban J connectivity index is 0. The van der Waals surface area contributed by atoms with Gasteiger partial charge in [-0.2, -0.15) is 0 Å². The van der Waals surface area contributed by atoms with Crippen molar-refractivity contribution in [3.05, 3.63) is 0 Å². The number of alkyl halides is 1. The number of halogens is 1. The minimum Gasteiger partial charge on any atom is -0.566 e. The Labute approximate surface area is 88.3 Å².